The van der Waals surface area contributed by atoms with Crippen LogP contribution in [0.25, 0.3) is 0 Å². The summed E-state index contributed by atoms with van der Waals surface area (Å²) in [4.78, 5) is 22.8. The predicted octanol–water partition coefficient (Wildman–Crippen LogP) is 3.91. The van der Waals surface area contributed by atoms with Crippen molar-refractivity contribution in [2.75, 3.05) is 20.3 Å². The third-order valence-electron chi connectivity index (χ3n) is 5.03. The molecule has 0 fully saturated rings. The minimum atomic E-state index is -0.825. The number of carboxylic acids is 1. The minimum absolute atomic E-state index is 0.00820. The number of halogens is 1. The van der Waals surface area contributed by atoms with E-state index in [2.05, 4.69) is 5.32 Å². The van der Waals surface area contributed by atoms with Gasteiger partial charge >= 0.3 is 11.9 Å². The highest BCUT2D eigenvalue weighted by Crippen LogP contribution is 2.34. The van der Waals surface area contributed by atoms with Gasteiger partial charge < -0.3 is 30.4 Å². The summed E-state index contributed by atoms with van der Waals surface area (Å²) in [6, 6.07) is 3.06. The first-order valence-corrected chi connectivity index (χ1v) is 11.5. The van der Waals surface area contributed by atoms with Crippen molar-refractivity contribution in [1.29, 1.82) is 0 Å². The van der Waals surface area contributed by atoms with E-state index in [0.29, 0.717) is 55.5 Å². The number of rotatable bonds is 17. The molecule has 32 heavy (non-hydrogen) atoms. The number of carboxylic acid groups (broad SMARTS) is 1. The molecule has 0 spiro atoms. The Hall–Kier alpha value is -2.03. The fraction of sp³-hybridized carbons (Fsp3) is 0.652. The topological polar surface area (TPSA) is 120 Å². The Bertz CT molecular complexity index is 716. The SMILES string of the molecule is CCC(C)Oc1cc(OCCCCC(=O)O)c(CN[C@@H](CCCCN)C(=O)OC)cc1Cl. The lowest BCUT2D eigenvalue weighted by atomic mass is 10.1. The molecule has 0 saturated heterocycles. The fourth-order valence-corrected chi connectivity index (χ4v) is 3.20. The highest BCUT2D eigenvalue weighted by molar-refractivity contribution is 6.32. The van der Waals surface area contributed by atoms with E-state index in [-0.39, 0.29) is 18.5 Å². The van der Waals surface area contributed by atoms with Crippen LogP contribution in [-0.4, -0.2) is 49.5 Å². The molecule has 0 aliphatic carbocycles. The zero-order valence-electron chi connectivity index (χ0n) is 19.3. The number of carbonyl (C=O) groups is 2. The zero-order chi connectivity index (χ0) is 23.9. The summed E-state index contributed by atoms with van der Waals surface area (Å²) in [7, 11) is 1.36. The second-order valence-corrected chi connectivity index (χ2v) is 8.07. The number of ether oxygens (including phenoxy) is 3. The lowest BCUT2D eigenvalue weighted by molar-refractivity contribution is -0.143. The maximum atomic E-state index is 12.1. The first-order valence-electron chi connectivity index (χ1n) is 11.2. The number of hydrogen-bond donors (Lipinski definition) is 3. The van der Waals surface area contributed by atoms with E-state index < -0.39 is 12.0 Å². The second kappa shape index (κ2) is 15.7. The van der Waals surface area contributed by atoms with Crippen molar-refractivity contribution in [3.8, 4) is 11.5 Å². The van der Waals surface area contributed by atoms with Crippen molar-refractivity contribution in [2.45, 2.75) is 77.5 Å². The van der Waals surface area contributed by atoms with Crippen LogP contribution < -0.4 is 20.5 Å². The molecule has 1 aromatic carbocycles. The Balaban J connectivity index is 2.95. The van der Waals surface area contributed by atoms with Crippen molar-refractivity contribution in [1.82, 2.24) is 5.32 Å². The van der Waals surface area contributed by atoms with Crippen LogP contribution in [-0.2, 0) is 20.9 Å². The smallest absolute Gasteiger partial charge is 0.322 e. The Morgan fingerprint density at radius 1 is 1.19 bits per heavy atom. The van der Waals surface area contributed by atoms with Gasteiger partial charge in [0.1, 0.15) is 17.5 Å². The first-order chi connectivity index (χ1) is 15.3. The first kappa shape index (κ1) is 28.0. The second-order valence-electron chi connectivity index (χ2n) is 7.67. The Morgan fingerprint density at radius 2 is 1.94 bits per heavy atom. The van der Waals surface area contributed by atoms with Crippen LogP contribution in [0, 0.1) is 0 Å². The number of carbonyl (C=O) groups excluding carboxylic acids is 1. The molecule has 0 radical (unpaired) electrons. The summed E-state index contributed by atoms with van der Waals surface area (Å²) in [5.41, 5.74) is 6.33. The number of nitrogens with one attached hydrogen (secondary N) is 1. The van der Waals surface area contributed by atoms with Crippen LogP contribution in [0.15, 0.2) is 12.1 Å². The summed E-state index contributed by atoms with van der Waals surface area (Å²) >= 11 is 6.45. The van der Waals surface area contributed by atoms with Crippen molar-refractivity contribution >= 4 is 23.5 Å². The number of methoxy groups -OCH3 is 1. The van der Waals surface area contributed by atoms with E-state index in [1.807, 2.05) is 13.8 Å². The molecule has 8 nitrogen and oxygen atoms in total. The quantitative estimate of drug-likeness (QED) is 0.230. The van der Waals surface area contributed by atoms with Gasteiger partial charge in [0.2, 0.25) is 0 Å². The van der Waals surface area contributed by atoms with Crippen molar-refractivity contribution in [3.63, 3.8) is 0 Å². The molecule has 182 valence electrons. The highest BCUT2D eigenvalue weighted by Gasteiger charge is 2.20. The Labute approximate surface area is 195 Å². The Morgan fingerprint density at radius 3 is 2.56 bits per heavy atom. The van der Waals surface area contributed by atoms with E-state index in [4.69, 9.17) is 36.7 Å². The molecule has 0 aromatic heterocycles. The highest BCUT2D eigenvalue weighted by atomic mass is 35.5. The van der Waals surface area contributed by atoms with Gasteiger partial charge in [-0.3, -0.25) is 9.59 Å². The van der Waals surface area contributed by atoms with E-state index in [9.17, 15) is 9.59 Å². The van der Waals surface area contributed by atoms with Gasteiger partial charge in [-0.15, -0.1) is 0 Å². The number of benzene rings is 1. The third-order valence-corrected chi connectivity index (χ3v) is 5.33. The van der Waals surface area contributed by atoms with Crippen LogP contribution in [0.3, 0.4) is 0 Å². The lowest BCUT2D eigenvalue weighted by Gasteiger charge is -2.20. The van der Waals surface area contributed by atoms with Gasteiger partial charge in [0.05, 0.1) is 24.8 Å². The minimum Gasteiger partial charge on any atom is -0.493 e. The van der Waals surface area contributed by atoms with Crippen LogP contribution in [0.2, 0.25) is 5.02 Å². The summed E-state index contributed by atoms with van der Waals surface area (Å²) in [5, 5.41) is 12.5. The summed E-state index contributed by atoms with van der Waals surface area (Å²) in [6.45, 7) is 5.26. The molecular weight excluding hydrogens is 436 g/mol. The molecule has 1 rings (SSSR count). The van der Waals surface area contributed by atoms with E-state index in [0.717, 1.165) is 24.8 Å². The summed E-state index contributed by atoms with van der Waals surface area (Å²) < 4.78 is 16.8. The van der Waals surface area contributed by atoms with Crippen molar-refractivity contribution in [2.24, 2.45) is 5.73 Å². The maximum Gasteiger partial charge on any atom is 0.322 e. The molecule has 0 aliphatic heterocycles. The van der Waals surface area contributed by atoms with Crippen LogP contribution in [0.4, 0.5) is 0 Å². The fourth-order valence-electron chi connectivity index (χ4n) is 2.97. The van der Waals surface area contributed by atoms with Gasteiger partial charge in [0.25, 0.3) is 0 Å². The predicted molar refractivity (Wildman–Crippen MR) is 124 cm³/mol. The Kier molecular flexibility index (Phi) is 13.8. The van der Waals surface area contributed by atoms with Gasteiger partial charge in [-0.1, -0.05) is 24.9 Å². The maximum absolute atomic E-state index is 12.1. The largest absolute Gasteiger partial charge is 0.493 e. The number of hydrogen-bond acceptors (Lipinski definition) is 7. The van der Waals surface area contributed by atoms with Gasteiger partial charge in [-0.25, -0.2) is 0 Å². The molecule has 0 amide bonds. The number of unbranched alkanes of at least 4 members (excludes halogenated alkanes) is 2. The van der Waals surface area contributed by atoms with Crippen LogP contribution >= 0.6 is 11.6 Å². The summed E-state index contributed by atoms with van der Waals surface area (Å²) in [5.74, 6) is -0.0473. The molecule has 1 aromatic rings. The number of aliphatic carboxylic acids is 1. The van der Waals surface area contributed by atoms with Gasteiger partial charge in [-0.2, -0.15) is 0 Å². The lowest BCUT2D eigenvalue weighted by Crippen LogP contribution is -2.37. The monoisotopic (exact) mass is 472 g/mol. The average molecular weight is 473 g/mol. The van der Waals surface area contributed by atoms with E-state index in [1.165, 1.54) is 7.11 Å². The molecule has 0 saturated carbocycles. The normalized spacial score (nSPS) is 12.8. The molecule has 0 aliphatic rings. The molecule has 1 unspecified atom stereocenters. The average Bonchev–Trinajstić information content (AvgIpc) is 2.77. The summed E-state index contributed by atoms with van der Waals surface area (Å²) in [6.07, 6.45) is 4.29. The molecule has 9 heteroatoms. The molecular formula is C23H37ClN2O6. The molecule has 4 N–H and O–H groups in total. The number of esters is 1. The van der Waals surface area contributed by atoms with Crippen LogP contribution in [0.1, 0.15) is 64.4 Å². The van der Waals surface area contributed by atoms with E-state index in [1.54, 1.807) is 12.1 Å². The number of nitrogens with two attached hydrogens (primary N) is 1. The van der Waals surface area contributed by atoms with Gasteiger partial charge in [0.15, 0.2) is 0 Å². The molecule has 0 bridgehead atoms. The van der Waals surface area contributed by atoms with Crippen LogP contribution in [0.5, 0.6) is 11.5 Å². The molecule has 0 heterocycles. The van der Waals surface area contributed by atoms with Gasteiger partial charge in [-0.05, 0) is 51.6 Å². The van der Waals surface area contributed by atoms with Crippen molar-refractivity contribution in [3.05, 3.63) is 22.7 Å². The van der Waals surface area contributed by atoms with Gasteiger partial charge in [0, 0.05) is 24.6 Å². The van der Waals surface area contributed by atoms with E-state index >= 15 is 0 Å². The standard InChI is InChI=1S/C23H37ClN2O6/c1-4-16(2)32-21-14-20(31-12-8-6-10-22(27)28)17(13-18(21)24)15-26-19(23(29)30-3)9-5-7-11-25/h13-14,16,19,26H,4-12,15,25H2,1-3H3,(H,27,28)/t16?,19-/m0/s1. The third kappa shape index (κ3) is 10.5. The zero-order valence-corrected chi connectivity index (χ0v) is 20.1. The molecule has 2 atom stereocenters. The van der Waals surface area contributed by atoms with Crippen molar-refractivity contribution < 1.29 is 28.9 Å².